The zero-order valence-electron chi connectivity index (χ0n) is 17.5. The number of aromatic hydroxyl groups is 1. The first kappa shape index (κ1) is 18.1. The van der Waals surface area contributed by atoms with Crippen LogP contribution in [0, 0.1) is 20.8 Å². The highest BCUT2D eigenvalue weighted by Crippen LogP contribution is 2.45. The number of para-hydroxylation sites is 1. The van der Waals surface area contributed by atoms with Crippen LogP contribution in [-0.4, -0.2) is 27.0 Å². The third-order valence-corrected chi connectivity index (χ3v) is 6.56. The highest BCUT2D eigenvalue weighted by molar-refractivity contribution is 5.80. The summed E-state index contributed by atoms with van der Waals surface area (Å²) in [5.74, 6) is 1.32. The Morgan fingerprint density at radius 3 is 2.83 bits per heavy atom. The number of fused-ring (bicyclic) bond motifs is 2. The van der Waals surface area contributed by atoms with Crippen LogP contribution in [0.5, 0.6) is 11.5 Å². The number of phenols is 1. The van der Waals surface area contributed by atoms with E-state index in [1.54, 1.807) is 0 Å². The standard InChI is InChI=1S/C24H27N3O2/c1-14-15(2)23-19(16(3)22(14)28)12-24(4,29-23)13-27-20(9-11-26-27)18-7-5-6-17-8-10-25-21(17)18/h5-7,9,11,25,28H,8,10,12-13H2,1-4H3. The maximum absolute atomic E-state index is 10.5. The van der Waals surface area contributed by atoms with Gasteiger partial charge in [0, 0.05) is 36.0 Å². The number of phenolic OH excluding ortho intramolecular Hbond substituents is 1. The van der Waals surface area contributed by atoms with Crippen molar-refractivity contribution < 1.29 is 9.84 Å². The summed E-state index contributed by atoms with van der Waals surface area (Å²) in [6.45, 7) is 9.72. The lowest BCUT2D eigenvalue weighted by atomic mass is 9.92. The van der Waals surface area contributed by atoms with Crippen LogP contribution in [0.4, 0.5) is 5.69 Å². The molecule has 5 nitrogen and oxygen atoms in total. The maximum atomic E-state index is 10.5. The minimum Gasteiger partial charge on any atom is -0.507 e. The second kappa shape index (κ2) is 6.28. The van der Waals surface area contributed by atoms with Gasteiger partial charge in [0.2, 0.25) is 0 Å². The molecular weight excluding hydrogens is 362 g/mol. The van der Waals surface area contributed by atoms with Crippen molar-refractivity contribution in [3.63, 3.8) is 0 Å². The van der Waals surface area contributed by atoms with Crippen LogP contribution in [-0.2, 0) is 19.4 Å². The van der Waals surface area contributed by atoms with Gasteiger partial charge in [0.05, 0.1) is 12.2 Å². The number of aromatic nitrogens is 2. The molecule has 1 unspecified atom stereocenters. The van der Waals surface area contributed by atoms with Crippen molar-refractivity contribution in [2.75, 3.05) is 11.9 Å². The van der Waals surface area contributed by atoms with Gasteiger partial charge in [-0.05, 0) is 62.4 Å². The molecule has 150 valence electrons. The van der Waals surface area contributed by atoms with Crippen LogP contribution in [0.1, 0.15) is 34.7 Å². The van der Waals surface area contributed by atoms with Crippen molar-refractivity contribution in [3.05, 3.63) is 58.3 Å². The lowest BCUT2D eigenvalue weighted by Gasteiger charge is -2.25. The number of anilines is 1. The first-order valence-corrected chi connectivity index (χ1v) is 10.3. The Hall–Kier alpha value is -2.95. The van der Waals surface area contributed by atoms with E-state index in [1.165, 1.54) is 16.8 Å². The predicted octanol–water partition coefficient (Wildman–Crippen LogP) is 4.54. The molecule has 0 saturated carbocycles. The number of nitrogens with one attached hydrogen (secondary N) is 1. The van der Waals surface area contributed by atoms with Gasteiger partial charge in [0.1, 0.15) is 17.1 Å². The zero-order chi connectivity index (χ0) is 20.3. The molecule has 2 aliphatic heterocycles. The molecule has 0 radical (unpaired) electrons. The van der Waals surface area contributed by atoms with E-state index in [4.69, 9.17) is 4.74 Å². The summed E-state index contributed by atoms with van der Waals surface area (Å²) < 4.78 is 8.57. The van der Waals surface area contributed by atoms with Crippen LogP contribution in [0.15, 0.2) is 30.5 Å². The Kier molecular flexibility index (Phi) is 3.92. The average molecular weight is 389 g/mol. The van der Waals surface area contributed by atoms with E-state index in [0.29, 0.717) is 12.3 Å². The van der Waals surface area contributed by atoms with Crippen molar-refractivity contribution >= 4 is 5.69 Å². The highest BCUT2D eigenvalue weighted by atomic mass is 16.5. The first-order chi connectivity index (χ1) is 13.9. The monoisotopic (exact) mass is 389 g/mol. The van der Waals surface area contributed by atoms with Gasteiger partial charge in [0.15, 0.2) is 0 Å². The fourth-order valence-corrected chi connectivity index (χ4v) is 4.82. The molecule has 0 amide bonds. The molecule has 0 spiro atoms. The van der Waals surface area contributed by atoms with Crippen LogP contribution in [0.3, 0.4) is 0 Å². The molecular formula is C24H27N3O2. The fourth-order valence-electron chi connectivity index (χ4n) is 4.82. The zero-order valence-corrected chi connectivity index (χ0v) is 17.5. The fraction of sp³-hybridized carbons (Fsp3) is 0.375. The SMILES string of the molecule is Cc1c(C)c2c(c(C)c1O)CC(C)(Cn1nccc1-c1cccc3c1NCC3)O2. The molecule has 2 aliphatic rings. The first-order valence-electron chi connectivity index (χ1n) is 10.3. The Morgan fingerprint density at radius 1 is 1.17 bits per heavy atom. The molecule has 1 aromatic heterocycles. The Balaban J connectivity index is 1.50. The van der Waals surface area contributed by atoms with Crippen LogP contribution in [0.25, 0.3) is 11.3 Å². The third kappa shape index (κ3) is 2.71. The summed E-state index contributed by atoms with van der Waals surface area (Å²) in [6, 6.07) is 8.55. The lowest BCUT2D eigenvalue weighted by Crippen LogP contribution is -2.36. The topological polar surface area (TPSA) is 59.3 Å². The number of benzene rings is 2. The molecule has 2 N–H and O–H groups in total. The number of rotatable bonds is 3. The summed E-state index contributed by atoms with van der Waals surface area (Å²) in [6.07, 6.45) is 3.68. The predicted molar refractivity (Wildman–Crippen MR) is 115 cm³/mol. The van der Waals surface area contributed by atoms with E-state index in [-0.39, 0.29) is 0 Å². The van der Waals surface area contributed by atoms with E-state index in [1.807, 2.05) is 27.0 Å². The van der Waals surface area contributed by atoms with E-state index >= 15 is 0 Å². The summed E-state index contributed by atoms with van der Waals surface area (Å²) in [5.41, 5.74) is 8.44. The van der Waals surface area contributed by atoms with E-state index in [9.17, 15) is 5.11 Å². The number of nitrogens with zero attached hydrogens (tertiary/aromatic N) is 2. The largest absolute Gasteiger partial charge is 0.507 e. The van der Waals surface area contributed by atoms with Gasteiger partial charge >= 0.3 is 0 Å². The minimum atomic E-state index is -0.412. The number of hydrogen-bond acceptors (Lipinski definition) is 4. The van der Waals surface area contributed by atoms with Gasteiger partial charge < -0.3 is 15.2 Å². The molecule has 0 bridgehead atoms. The van der Waals surface area contributed by atoms with E-state index < -0.39 is 5.60 Å². The van der Waals surface area contributed by atoms with Crippen molar-refractivity contribution in [3.8, 4) is 22.8 Å². The number of ether oxygens (including phenoxy) is 1. The Bertz CT molecular complexity index is 1090. The van der Waals surface area contributed by atoms with Gasteiger partial charge in [-0.2, -0.15) is 5.10 Å². The van der Waals surface area contributed by atoms with Gasteiger partial charge in [-0.1, -0.05) is 18.2 Å². The molecule has 3 aromatic rings. The molecule has 0 saturated heterocycles. The lowest BCUT2D eigenvalue weighted by molar-refractivity contribution is 0.0906. The molecule has 0 fully saturated rings. The van der Waals surface area contributed by atoms with Crippen molar-refractivity contribution in [1.82, 2.24) is 9.78 Å². The molecule has 5 rings (SSSR count). The quantitative estimate of drug-likeness (QED) is 0.690. The minimum absolute atomic E-state index is 0.389. The summed E-state index contributed by atoms with van der Waals surface area (Å²) in [5, 5.41) is 18.6. The van der Waals surface area contributed by atoms with Crippen molar-refractivity contribution in [1.29, 1.82) is 0 Å². The molecule has 29 heavy (non-hydrogen) atoms. The number of hydrogen-bond donors (Lipinski definition) is 2. The summed E-state index contributed by atoms with van der Waals surface area (Å²) in [7, 11) is 0. The van der Waals surface area contributed by atoms with Gasteiger partial charge in [-0.15, -0.1) is 0 Å². The van der Waals surface area contributed by atoms with Crippen LogP contribution >= 0.6 is 0 Å². The van der Waals surface area contributed by atoms with Gasteiger partial charge in [-0.3, -0.25) is 4.68 Å². The normalized spacial score (nSPS) is 19.6. The van der Waals surface area contributed by atoms with E-state index in [2.05, 4.69) is 46.3 Å². The van der Waals surface area contributed by atoms with Crippen LogP contribution in [0.2, 0.25) is 0 Å². The highest BCUT2D eigenvalue weighted by Gasteiger charge is 2.39. The van der Waals surface area contributed by atoms with Crippen molar-refractivity contribution in [2.24, 2.45) is 0 Å². The molecule has 5 heteroatoms. The second-order valence-electron chi connectivity index (χ2n) is 8.65. The van der Waals surface area contributed by atoms with Gasteiger partial charge in [0.25, 0.3) is 0 Å². The Labute approximate surface area is 171 Å². The molecule has 3 heterocycles. The van der Waals surface area contributed by atoms with Crippen LogP contribution < -0.4 is 10.1 Å². The average Bonchev–Trinajstić information content (AvgIpc) is 3.43. The second-order valence-corrected chi connectivity index (χ2v) is 8.65. The summed E-state index contributed by atoms with van der Waals surface area (Å²) in [4.78, 5) is 0. The molecule has 2 aromatic carbocycles. The third-order valence-electron chi connectivity index (χ3n) is 6.56. The Morgan fingerprint density at radius 2 is 2.00 bits per heavy atom. The maximum Gasteiger partial charge on any atom is 0.130 e. The molecule has 0 aliphatic carbocycles. The summed E-state index contributed by atoms with van der Waals surface area (Å²) >= 11 is 0. The molecule has 1 atom stereocenters. The van der Waals surface area contributed by atoms with Gasteiger partial charge in [-0.25, -0.2) is 0 Å². The van der Waals surface area contributed by atoms with Crippen molar-refractivity contribution in [2.45, 2.75) is 52.7 Å². The smallest absolute Gasteiger partial charge is 0.130 e. The van der Waals surface area contributed by atoms with E-state index in [0.717, 1.165) is 53.1 Å².